The Morgan fingerprint density at radius 3 is 2.70 bits per heavy atom. The van der Waals surface area contributed by atoms with Gasteiger partial charge in [-0.2, -0.15) is 0 Å². The van der Waals surface area contributed by atoms with Crippen molar-refractivity contribution in [2.45, 2.75) is 24.8 Å². The number of carbonyl (C=O) groups is 2. The highest BCUT2D eigenvalue weighted by atomic mass is 16.5. The minimum Gasteiger partial charge on any atom is -0.497 e. The van der Waals surface area contributed by atoms with Crippen LogP contribution in [0.5, 0.6) is 5.75 Å². The zero-order valence-corrected chi connectivity index (χ0v) is 12.8. The van der Waals surface area contributed by atoms with Crippen LogP contribution in [0.15, 0.2) is 36.4 Å². The van der Waals surface area contributed by atoms with Crippen LogP contribution in [-0.2, 0) is 20.9 Å². The largest absolute Gasteiger partial charge is 0.497 e. The van der Waals surface area contributed by atoms with Crippen LogP contribution >= 0.6 is 0 Å². The molecule has 2 fully saturated rings. The predicted molar refractivity (Wildman–Crippen MR) is 81.4 cm³/mol. The number of hydrogen-bond acceptors (Lipinski definition) is 5. The second kappa shape index (κ2) is 5.18. The van der Waals surface area contributed by atoms with Gasteiger partial charge < -0.3 is 9.47 Å². The zero-order valence-electron chi connectivity index (χ0n) is 12.8. The molecule has 120 valence electrons. The summed E-state index contributed by atoms with van der Waals surface area (Å²) in [5.74, 6) is 0.0130. The molecule has 6 heteroatoms. The smallest absolute Gasteiger partial charge is 0.236 e. The number of nitrogens with one attached hydrogen (secondary N) is 1. The normalized spacial score (nSPS) is 32.1. The van der Waals surface area contributed by atoms with Gasteiger partial charge in [-0.1, -0.05) is 18.2 Å². The van der Waals surface area contributed by atoms with Crippen molar-refractivity contribution in [3.63, 3.8) is 0 Å². The van der Waals surface area contributed by atoms with Crippen molar-refractivity contribution in [1.82, 2.24) is 10.2 Å². The van der Waals surface area contributed by atoms with Gasteiger partial charge in [0.05, 0.1) is 19.6 Å². The van der Waals surface area contributed by atoms with Gasteiger partial charge in [-0.15, -0.1) is 0 Å². The van der Waals surface area contributed by atoms with Gasteiger partial charge in [0.1, 0.15) is 17.6 Å². The summed E-state index contributed by atoms with van der Waals surface area (Å²) in [5, 5.41) is 3.18. The maximum Gasteiger partial charge on any atom is 0.236 e. The standard InChI is InChI=1S/C17H18N2O4/c1-22-12-4-2-11(3-5-12)9-19-15(20)8-13(16(19)21)17-7-6-14(23-17)18-10-17/h2-7,13-14,18H,8-10H2,1H3/t13?,14-,17+/m1/s1. The zero-order chi connectivity index (χ0) is 16.0. The predicted octanol–water partition coefficient (Wildman–Crippen LogP) is 0.825. The molecule has 3 aliphatic rings. The van der Waals surface area contributed by atoms with Gasteiger partial charge in [0.15, 0.2) is 0 Å². The van der Waals surface area contributed by atoms with Crippen LogP contribution in [0.4, 0.5) is 0 Å². The van der Waals surface area contributed by atoms with Crippen molar-refractivity contribution in [1.29, 1.82) is 0 Å². The van der Waals surface area contributed by atoms with Crippen LogP contribution in [0.25, 0.3) is 0 Å². The van der Waals surface area contributed by atoms with Crippen molar-refractivity contribution < 1.29 is 19.1 Å². The minimum atomic E-state index is -0.661. The number of fused-ring (bicyclic) bond motifs is 2. The molecule has 3 heterocycles. The SMILES string of the molecule is COc1ccc(CN2C(=O)CC([C@]34C=C[C@H](NC3)O4)C2=O)cc1. The maximum absolute atomic E-state index is 12.8. The number of hydrogen-bond donors (Lipinski definition) is 1. The molecule has 2 bridgehead atoms. The molecular weight excluding hydrogens is 296 g/mol. The lowest BCUT2D eigenvalue weighted by Gasteiger charge is -2.27. The molecule has 0 radical (unpaired) electrons. The Morgan fingerprint density at radius 1 is 1.35 bits per heavy atom. The van der Waals surface area contributed by atoms with E-state index in [1.54, 1.807) is 7.11 Å². The molecule has 1 aromatic rings. The van der Waals surface area contributed by atoms with Crippen LogP contribution in [0.2, 0.25) is 0 Å². The van der Waals surface area contributed by atoms with E-state index < -0.39 is 11.5 Å². The molecule has 2 saturated heterocycles. The first-order valence-corrected chi connectivity index (χ1v) is 7.69. The third-order valence-corrected chi connectivity index (χ3v) is 4.81. The summed E-state index contributed by atoms with van der Waals surface area (Å²) in [6.07, 6.45) is 3.91. The molecule has 1 unspecified atom stereocenters. The first-order valence-electron chi connectivity index (χ1n) is 7.69. The Bertz CT molecular complexity index is 684. The van der Waals surface area contributed by atoms with E-state index in [0.29, 0.717) is 6.54 Å². The Hall–Kier alpha value is -2.18. The molecule has 3 aliphatic heterocycles. The molecule has 23 heavy (non-hydrogen) atoms. The topological polar surface area (TPSA) is 67.9 Å². The first kappa shape index (κ1) is 14.4. The third-order valence-electron chi connectivity index (χ3n) is 4.81. The van der Waals surface area contributed by atoms with Crippen molar-refractivity contribution in [2.75, 3.05) is 13.7 Å². The number of likely N-dealkylation sites (tertiary alicyclic amines) is 1. The van der Waals surface area contributed by atoms with E-state index in [2.05, 4.69) is 5.32 Å². The fourth-order valence-corrected chi connectivity index (χ4v) is 3.50. The summed E-state index contributed by atoms with van der Waals surface area (Å²) in [6, 6.07) is 7.38. The van der Waals surface area contributed by atoms with Crippen molar-refractivity contribution >= 4 is 11.8 Å². The van der Waals surface area contributed by atoms with Gasteiger partial charge >= 0.3 is 0 Å². The average molecular weight is 314 g/mol. The van der Waals surface area contributed by atoms with E-state index >= 15 is 0 Å². The lowest BCUT2D eigenvalue weighted by molar-refractivity contribution is -0.142. The second-order valence-corrected chi connectivity index (χ2v) is 6.16. The molecular formula is C17H18N2O4. The van der Waals surface area contributed by atoms with Crippen LogP contribution in [0.1, 0.15) is 12.0 Å². The molecule has 4 rings (SSSR count). The van der Waals surface area contributed by atoms with E-state index in [-0.39, 0.29) is 31.0 Å². The first-order chi connectivity index (χ1) is 11.1. The summed E-state index contributed by atoms with van der Waals surface area (Å²) >= 11 is 0. The van der Waals surface area contributed by atoms with E-state index in [0.717, 1.165) is 11.3 Å². The number of ether oxygens (including phenoxy) is 2. The quantitative estimate of drug-likeness (QED) is 0.658. The summed E-state index contributed by atoms with van der Waals surface area (Å²) in [4.78, 5) is 26.4. The number of nitrogens with zero attached hydrogens (tertiary/aromatic N) is 1. The molecule has 1 N–H and O–H groups in total. The highest BCUT2D eigenvalue weighted by molar-refractivity contribution is 6.04. The minimum absolute atomic E-state index is 0.131. The van der Waals surface area contributed by atoms with E-state index in [1.165, 1.54) is 4.90 Å². The molecule has 6 nitrogen and oxygen atoms in total. The van der Waals surface area contributed by atoms with Crippen LogP contribution in [0, 0.1) is 5.92 Å². The Morgan fingerprint density at radius 2 is 2.13 bits per heavy atom. The molecule has 2 amide bonds. The molecule has 0 spiro atoms. The van der Waals surface area contributed by atoms with E-state index in [9.17, 15) is 9.59 Å². The van der Waals surface area contributed by atoms with Gasteiger partial charge in [0, 0.05) is 13.0 Å². The second-order valence-electron chi connectivity index (χ2n) is 6.16. The molecule has 3 atom stereocenters. The lowest BCUT2D eigenvalue weighted by Crippen LogP contribution is -2.44. The van der Waals surface area contributed by atoms with Crippen molar-refractivity contribution in [2.24, 2.45) is 5.92 Å². The fraction of sp³-hybridized carbons (Fsp3) is 0.412. The van der Waals surface area contributed by atoms with Gasteiger partial charge in [-0.25, -0.2) is 0 Å². The van der Waals surface area contributed by atoms with Crippen LogP contribution < -0.4 is 10.1 Å². The Balaban J connectivity index is 1.52. The highest BCUT2D eigenvalue weighted by Gasteiger charge is 2.55. The number of rotatable bonds is 4. The molecule has 0 aliphatic carbocycles. The lowest BCUT2D eigenvalue weighted by atomic mass is 9.85. The van der Waals surface area contributed by atoms with Gasteiger partial charge in [0.2, 0.25) is 11.8 Å². The van der Waals surface area contributed by atoms with Gasteiger partial charge in [-0.3, -0.25) is 19.8 Å². The summed E-state index contributed by atoms with van der Waals surface area (Å²) in [7, 11) is 1.60. The van der Waals surface area contributed by atoms with Crippen LogP contribution in [-0.4, -0.2) is 42.2 Å². The monoisotopic (exact) mass is 314 g/mol. The van der Waals surface area contributed by atoms with Gasteiger partial charge in [0.25, 0.3) is 0 Å². The Kier molecular flexibility index (Phi) is 3.25. The molecule has 1 aromatic carbocycles. The molecule has 0 aromatic heterocycles. The highest BCUT2D eigenvalue weighted by Crippen LogP contribution is 2.40. The van der Waals surface area contributed by atoms with Crippen molar-refractivity contribution in [3.8, 4) is 5.75 Å². The number of imide groups is 1. The summed E-state index contributed by atoms with van der Waals surface area (Å²) < 4.78 is 11.0. The fourth-order valence-electron chi connectivity index (χ4n) is 3.50. The van der Waals surface area contributed by atoms with Crippen LogP contribution in [0.3, 0.4) is 0 Å². The summed E-state index contributed by atoms with van der Waals surface area (Å²) in [5.41, 5.74) is 0.238. The average Bonchev–Trinajstić information content (AvgIpc) is 3.25. The number of methoxy groups -OCH3 is 1. The number of carbonyl (C=O) groups excluding carboxylic acids is 2. The third kappa shape index (κ3) is 2.26. The van der Waals surface area contributed by atoms with Gasteiger partial charge in [-0.05, 0) is 23.8 Å². The molecule has 0 saturated carbocycles. The van der Waals surface area contributed by atoms with E-state index in [1.807, 2.05) is 36.4 Å². The van der Waals surface area contributed by atoms with Crippen molar-refractivity contribution in [3.05, 3.63) is 42.0 Å². The maximum atomic E-state index is 12.8. The Labute approximate surface area is 134 Å². The van der Waals surface area contributed by atoms with E-state index in [4.69, 9.17) is 9.47 Å². The summed E-state index contributed by atoms with van der Waals surface area (Å²) in [6.45, 7) is 0.864. The number of amides is 2. The number of benzene rings is 1.